The number of likely N-dealkylation sites (N-methyl/N-ethyl adjacent to an activating group) is 1. The van der Waals surface area contributed by atoms with Gasteiger partial charge in [-0.3, -0.25) is 24.6 Å². The molecule has 5 rings (SSSR count). The summed E-state index contributed by atoms with van der Waals surface area (Å²) in [7, 11) is 1.66. The van der Waals surface area contributed by atoms with Gasteiger partial charge in [-0.05, 0) is 17.9 Å². The zero-order chi connectivity index (χ0) is 20.0. The normalized spacial score (nSPS) is 22.4. The van der Waals surface area contributed by atoms with Gasteiger partial charge in [0.05, 0.1) is 5.69 Å². The monoisotopic (exact) mass is 389 g/mol. The van der Waals surface area contributed by atoms with Crippen molar-refractivity contribution in [3.8, 4) is 0 Å². The SMILES string of the molecule is CN1C(=O)[C@@H](NC(=O)c2n[nH]c(Cc3ccccc3)n2)[C@H]2C[C@H]2c2nccnc21. The van der Waals surface area contributed by atoms with Crippen LogP contribution in [-0.4, -0.2) is 50.1 Å². The number of carbonyl (C=O) groups excluding carboxylic acids is 2. The Bertz CT molecular complexity index is 1080. The minimum absolute atomic E-state index is 0.00887. The second-order valence-electron chi connectivity index (χ2n) is 7.39. The maximum Gasteiger partial charge on any atom is 0.291 e. The summed E-state index contributed by atoms with van der Waals surface area (Å²) in [5.41, 5.74) is 1.88. The fourth-order valence-electron chi connectivity index (χ4n) is 3.89. The zero-order valence-electron chi connectivity index (χ0n) is 15.7. The highest BCUT2D eigenvalue weighted by Crippen LogP contribution is 2.53. The van der Waals surface area contributed by atoms with E-state index in [1.807, 2.05) is 30.3 Å². The molecule has 2 amide bonds. The molecule has 1 aromatic carbocycles. The van der Waals surface area contributed by atoms with E-state index in [2.05, 4.69) is 30.5 Å². The molecule has 29 heavy (non-hydrogen) atoms. The van der Waals surface area contributed by atoms with Crippen molar-refractivity contribution in [2.75, 3.05) is 11.9 Å². The molecule has 2 N–H and O–H groups in total. The molecule has 0 radical (unpaired) electrons. The molecule has 0 unspecified atom stereocenters. The lowest BCUT2D eigenvalue weighted by molar-refractivity contribution is -0.120. The Morgan fingerprint density at radius 1 is 1.24 bits per heavy atom. The van der Waals surface area contributed by atoms with Gasteiger partial charge in [0.25, 0.3) is 11.8 Å². The van der Waals surface area contributed by atoms with Crippen molar-refractivity contribution in [2.24, 2.45) is 5.92 Å². The fraction of sp³-hybridized carbons (Fsp3) is 0.300. The molecule has 1 aliphatic carbocycles. The van der Waals surface area contributed by atoms with Crippen LogP contribution in [0.4, 0.5) is 5.82 Å². The van der Waals surface area contributed by atoms with Gasteiger partial charge < -0.3 is 5.32 Å². The summed E-state index contributed by atoms with van der Waals surface area (Å²) in [6.07, 6.45) is 4.54. The van der Waals surface area contributed by atoms with Crippen molar-refractivity contribution in [1.29, 1.82) is 0 Å². The third kappa shape index (κ3) is 3.14. The van der Waals surface area contributed by atoms with E-state index in [1.54, 1.807) is 19.4 Å². The van der Waals surface area contributed by atoms with Gasteiger partial charge >= 0.3 is 0 Å². The van der Waals surface area contributed by atoms with Crippen molar-refractivity contribution < 1.29 is 9.59 Å². The number of hydrogen-bond donors (Lipinski definition) is 2. The van der Waals surface area contributed by atoms with E-state index in [9.17, 15) is 9.59 Å². The largest absolute Gasteiger partial charge is 0.337 e. The van der Waals surface area contributed by atoms with Gasteiger partial charge in [-0.25, -0.2) is 9.97 Å². The van der Waals surface area contributed by atoms with Crippen molar-refractivity contribution in [3.05, 3.63) is 65.6 Å². The summed E-state index contributed by atoms with van der Waals surface area (Å²) in [4.78, 5) is 40.1. The Balaban J connectivity index is 1.32. The Morgan fingerprint density at radius 2 is 2.03 bits per heavy atom. The van der Waals surface area contributed by atoms with E-state index in [4.69, 9.17) is 0 Å². The third-order valence-corrected chi connectivity index (χ3v) is 5.48. The third-order valence-electron chi connectivity index (χ3n) is 5.48. The molecule has 9 heteroatoms. The number of fused-ring (bicyclic) bond motifs is 3. The number of aromatic nitrogens is 5. The van der Waals surface area contributed by atoms with E-state index < -0.39 is 11.9 Å². The van der Waals surface area contributed by atoms with E-state index in [1.165, 1.54) is 4.90 Å². The summed E-state index contributed by atoms with van der Waals surface area (Å²) in [5.74, 6) is 0.644. The number of aromatic amines is 1. The first-order chi connectivity index (χ1) is 14.1. The van der Waals surface area contributed by atoms with Gasteiger partial charge in [-0.2, -0.15) is 0 Å². The van der Waals surface area contributed by atoms with Crippen LogP contribution in [0, 0.1) is 5.92 Å². The molecule has 1 aliphatic heterocycles. The van der Waals surface area contributed by atoms with Gasteiger partial charge in [0.1, 0.15) is 11.9 Å². The summed E-state index contributed by atoms with van der Waals surface area (Å²) < 4.78 is 0. The first kappa shape index (κ1) is 17.5. The quantitative estimate of drug-likeness (QED) is 0.689. The molecular formula is C20H19N7O2. The number of benzene rings is 1. The molecule has 0 spiro atoms. The number of amides is 2. The van der Waals surface area contributed by atoms with Crippen molar-refractivity contribution >= 4 is 17.6 Å². The molecule has 146 valence electrons. The Kier molecular flexibility index (Phi) is 4.08. The Labute approximate surface area is 166 Å². The number of carbonyl (C=O) groups is 2. The summed E-state index contributed by atoms with van der Waals surface area (Å²) in [6.45, 7) is 0. The van der Waals surface area contributed by atoms with Crippen LogP contribution in [0.3, 0.4) is 0 Å². The second kappa shape index (κ2) is 6.77. The topological polar surface area (TPSA) is 117 Å². The lowest BCUT2D eigenvalue weighted by Crippen LogP contribution is -2.48. The molecule has 1 fully saturated rings. The molecule has 3 atom stereocenters. The van der Waals surface area contributed by atoms with Crippen LogP contribution in [0.25, 0.3) is 0 Å². The number of nitrogens with zero attached hydrogens (tertiary/aromatic N) is 5. The number of H-pyrrole nitrogens is 1. The van der Waals surface area contributed by atoms with Crippen LogP contribution in [0.2, 0.25) is 0 Å². The predicted molar refractivity (Wildman–Crippen MR) is 103 cm³/mol. The van der Waals surface area contributed by atoms with Gasteiger partial charge in [0.2, 0.25) is 5.82 Å². The van der Waals surface area contributed by atoms with Crippen molar-refractivity contribution in [1.82, 2.24) is 30.5 Å². The number of anilines is 1. The minimum atomic E-state index is -0.649. The van der Waals surface area contributed by atoms with Gasteiger partial charge in [-0.15, -0.1) is 5.10 Å². The maximum atomic E-state index is 13.0. The van der Waals surface area contributed by atoms with E-state index in [0.717, 1.165) is 17.7 Å². The summed E-state index contributed by atoms with van der Waals surface area (Å²) in [6, 6.07) is 9.15. The van der Waals surface area contributed by atoms with Crippen molar-refractivity contribution in [2.45, 2.75) is 24.8 Å². The first-order valence-corrected chi connectivity index (χ1v) is 9.46. The standard InChI is InChI=1S/C20H19N7O2/c1-27-18-15(21-7-8-22-18)12-10-13(12)16(20(27)29)24-19(28)17-23-14(25-26-17)9-11-5-3-2-4-6-11/h2-8,12-13,16H,9-10H2,1H3,(H,24,28)(H,23,25,26)/t12-,13+,16+/m1/s1. The summed E-state index contributed by atoms with van der Waals surface area (Å²) in [5, 5.41) is 9.66. The lowest BCUT2D eigenvalue weighted by Gasteiger charge is -2.22. The predicted octanol–water partition coefficient (Wildman–Crippen LogP) is 1.06. The molecule has 9 nitrogen and oxygen atoms in total. The highest BCUT2D eigenvalue weighted by atomic mass is 16.2. The van der Waals surface area contributed by atoms with Crippen LogP contribution in [0.15, 0.2) is 42.7 Å². The molecule has 0 saturated heterocycles. The van der Waals surface area contributed by atoms with Gasteiger partial charge in [0, 0.05) is 31.8 Å². The molecule has 2 aliphatic rings. The number of hydrogen-bond acceptors (Lipinski definition) is 6. The van der Waals surface area contributed by atoms with Crippen LogP contribution >= 0.6 is 0 Å². The second-order valence-corrected chi connectivity index (χ2v) is 7.39. The van der Waals surface area contributed by atoms with Crippen LogP contribution in [0.5, 0.6) is 0 Å². The first-order valence-electron chi connectivity index (χ1n) is 9.46. The van der Waals surface area contributed by atoms with Crippen LogP contribution < -0.4 is 10.2 Å². The van der Waals surface area contributed by atoms with E-state index in [0.29, 0.717) is 18.1 Å². The highest BCUT2D eigenvalue weighted by Gasteiger charge is 2.53. The average Bonchev–Trinajstić information content (AvgIpc) is 3.41. The number of rotatable bonds is 4. The van der Waals surface area contributed by atoms with Crippen molar-refractivity contribution in [3.63, 3.8) is 0 Å². The zero-order valence-corrected chi connectivity index (χ0v) is 15.7. The van der Waals surface area contributed by atoms with Gasteiger partial charge in [-0.1, -0.05) is 30.3 Å². The summed E-state index contributed by atoms with van der Waals surface area (Å²) >= 11 is 0. The Hall–Kier alpha value is -3.62. The molecule has 0 bridgehead atoms. The minimum Gasteiger partial charge on any atom is -0.337 e. The number of nitrogens with one attached hydrogen (secondary N) is 2. The molecular weight excluding hydrogens is 370 g/mol. The van der Waals surface area contributed by atoms with E-state index in [-0.39, 0.29) is 23.6 Å². The molecule has 2 aromatic heterocycles. The smallest absolute Gasteiger partial charge is 0.291 e. The van der Waals surface area contributed by atoms with E-state index >= 15 is 0 Å². The molecule has 3 heterocycles. The fourth-order valence-corrected chi connectivity index (χ4v) is 3.89. The maximum absolute atomic E-state index is 13.0. The highest BCUT2D eigenvalue weighted by molar-refractivity contribution is 6.02. The lowest BCUT2D eigenvalue weighted by atomic mass is 10.1. The molecule has 1 saturated carbocycles. The molecule has 3 aromatic rings. The average molecular weight is 389 g/mol. The van der Waals surface area contributed by atoms with Gasteiger partial charge in [0.15, 0.2) is 5.82 Å². The van der Waals surface area contributed by atoms with Crippen LogP contribution in [0.1, 0.15) is 40.0 Å². The van der Waals surface area contributed by atoms with Crippen LogP contribution in [-0.2, 0) is 11.2 Å². The Morgan fingerprint density at radius 3 is 2.86 bits per heavy atom.